The number of nitrogens with two attached hydrogens (primary N) is 1. The molecule has 0 aliphatic heterocycles. The smallest absolute Gasteiger partial charge is 0.242 e. The molecule has 0 aromatic carbocycles. The van der Waals surface area contributed by atoms with Gasteiger partial charge in [0.1, 0.15) is 6.04 Å². The number of amides is 1. The number of nitrogens with zero attached hydrogens (tertiary/aromatic N) is 2. The Morgan fingerprint density at radius 3 is 3.00 bits per heavy atom. The van der Waals surface area contributed by atoms with Crippen LogP contribution in [0.1, 0.15) is 31.6 Å². The Balaban J connectivity index is 2.87. The van der Waals surface area contributed by atoms with Gasteiger partial charge in [0.2, 0.25) is 5.91 Å². The zero-order valence-electron chi connectivity index (χ0n) is 9.55. The first kappa shape index (κ1) is 12.7. The normalized spacial score (nSPS) is 14.5. The molecule has 0 saturated carbocycles. The quantitative estimate of drug-likeness (QED) is 0.635. The minimum Gasteiger partial charge on any atom is -0.394 e. The highest BCUT2D eigenvalue weighted by atomic mass is 16.3. The summed E-state index contributed by atoms with van der Waals surface area (Å²) in [5.41, 5.74) is 6.36. The number of aliphatic hydroxyl groups excluding tert-OH is 1. The molecule has 0 bridgehead atoms. The van der Waals surface area contributed by atoms with E-state index in [4.69, 9.17) is 10.8 Å². The summed E-state index contributed by atoms with van der Waals surface area (Å²) in [5.74, 6) is -0.0908. The number of likely N-dealkylation sites (N-methyl/N-ethyl adjacent to an activating group) is 1. The van der Waals surface area contributed by atoms with Crippen LogP contribution in [0.3, 0.4) is 0 Å². The highest BCUT2D eigenvalue weighted by Crippen LogP contribution is 2.15. The van der Waals surface area contributed by atoms with E-state index in [1.165, 1.54) is 0 Å². The summed E-state index contributed by atoms with van der Waals surface area (Å²) in [6.07, 6.45) is 3.11. The average Bonchev–Trinajstić information content (AvgIpc) is 2.76. The molecule has 0 radical (unpaired) electrons. The topological polar surface area (TPSA) is 93.2 Å². The number of aliphatic hydroxyl groups is 1. The first-order valence-electron chi connectivity index (χ1n) is 5.27. The summed E-state index contributed by atoms with van der Waals surface area (Å²) >= 11 is 0. The maximum absolute atomic E-state index is 11.6. The lowest BCUT2D eigenvalue weighted by molar-refractivity contribution is -0.123. The molecule has 1 rings (SSSR count). The molecular formula is C10H18N4O2. The molecule has 1 amide bonds. The number of carbonyl (C=O) groups is 1. The second-order valence-electron chi connectivity index (χ2n) is 3.59. The monoisotopic (exact) mass is 226 g/mol. The predicted molar refractivity (Wildman–Crippen MR) is 59.6 cm³/mol. The van der Waals surface area contributed by atoms with E-state index in [-0.39, 0.29) is 18.6 Å². The number of hydrogen-bond donors (Lipinski definition) is 3. The van der Waals surface area contributed by atoms with Crippen molar-refractivity contribution in [2.45, 2.75) is 25.9 Å². The Kier molecular flexibility index (Phi) is 4.45. The maximum Gasteiger partial charge on any atom is 0.242 e. The molecule has 0 saturated heterocycles. The molecule has 1 aromatic heterocycles. The predicted octanol–water partition coefficient (Wildman–Crippen LogP) is -0.428. The van der Waals surface area contributed by atoms with Crippen molar-refractivity contribution in [2.75, 3.05) is 13.2 Å². The fourth-order valence-electron chi connectivity index (χ4n) is 1.47. The highest BCUT2D eigenvalue weighted by molar-refractivity contribution is 5.79. The summed E-state index contributed by atoms with van der Waals surface area (Å²) in [6, 6.07) is -0.894. The fourth-order valence-corrected chi connectivity index (χ4v) is 1.47. The number of nitrogens with one attached hydrogen (secondary N) is 1. The van der Waals surface area contributed by atoms with Crippen molar-refractivity contribution in [1.29, 1.82) is 0 Å². The van der Waals surface area contributed by atoms with Crippen molar-refractivity contribution in [1.82, 2.24) is 14.9 Å². The molecular weight excluding hydrogens is 208 g/mol. The van der Waals surface area contributed by atoms with E-state index in [2.05, 4.69) is 10.3 Å². The zero-order chi connectivity index (χ0) is 12.1. The zero-order valence-corrected chi connectivity index (χ0v) is 9.55. The Bertz CT molecular complexity index is 350. The Morgan fingerprint density at radius 1 is 1.75 bits per heavy atom. The Morgan fingerprint density at radius 2 is 2.44 bits per heavy atom. The van der Waals surface area contributed by atoms with E-state index in [9.17, 15) is 4.79 Å². The molecule has 0 fully saturated rings. The number of imidazole rings is 1. The van der Waals surface area contributed by atoms with Crippen LogP contribution in [0.5, 0.6) is 0 Å². The van der Waals surface area contributed by atoms with Crippen LogP contribution in [-0.2, 0) is 4.79 Å². The first-order chi connectivity index (χ1) is 7.61. The van der Waals surface area contributed by atoms with E-state index >= 15 is 0 Å². The standard InChI is InChI=1S/C10H18N4O2/c1-3-13-10(16)7(2)14-6-12-4-9(14)8(11)5-15/h4,6-8,15H,3,5,11H2,1-2H3,(H,13,16). The molecule has 90 valence electrons. The van der Waals surface area contributed by atoms with Crippen molar-refractivity contribution in [3.05, 3.63) is 18.2 Å². The summed E-state index contributed by atoms with van der Waals surface area (Å²) in [7, 11) is 0. The molecule has 1 aromatic rings. The van der Waals surface area contributed by atoms with Gasteiger partial charge in [-0.05, 0) is 13.8 Å². The maximum atomic E-state index is 11.6. The summed E-state index contributed by atoms with van der Waals surface area (Å²) < 4.78 is 1.67. The van der Waals surface area contributed by atoms with E-state index in [0.717, 1.165) is 0 Å². The van der Waals surface area contributed by atoms with Gasteiger partial charge in [-0.25, -0.2) is 4.98 Å². The van der Waals surface area contributed by atoms with Crippen molar-refractivity contribution in [2.24, 2.45) is 5.73 Å². The van der Waals surface area contributed by atoms with Gasteiger partial charge >= 0.3 is 0 Å². The van der Waals surface area contributed by atoms with Gasteiger partial charge in [0.05, 0.1) is 24.7 Å². The molecule has 1 heterocycles. The van der Waals surface area contributed by atoms with Gasteiger partial charge in [-0.1, -0.05) is 0 Å². The number of hydrogen-bond acceptors (Lipinski definition) is 4. The van der Waals surface area contributed by atoms with Crippen LogP contribution in [0.4, 0.5) is 0 Å². The van der Waals surface area contributed by atoms with E-state index < -0.39 is 6.04 Å². The largest absolute Gasteiger partial charge is 0.394 e. The second kappa shape index (κ2) is 5.62. The number of aromatic nitrogens is 2. The van der Waals surface area contributed by atoms with Crippen LogP contribution in [-0.4, -0.2) is 33.7 Å². The third kappa shape index (κ3) is 2.59. The summed E-state index contributed by atoms with van der Waals surface area (Å²) in [6.45, 7) is 4.03. The van der Waals surface area contributed by atoms with Gasteiger partial charge in [0.15, 0.2) is 0 Å². The molecule has 0 spiro atoms. The SMILES string of the molecule is CCNC(=O)C(C)n1cncc1C(N)CO. The molecule has 6 nitrogen and oxygen atoms in total. The van der Waals surface area contributed by atoms with Crippen LogP contribution >= 0.6 is 0 Å². The van der Waals surface area contributed by atoms with Gasteiger partial charge in [-0.15, -0.1) is 0 Å². The summed E-state index contributed by atoms with van der Waals surface area (Å²) in [4.78, 5) is 15.6. The van der Waals surface area contributed by atoms with E-state index in [1.54, 1.807) is 24.0 Å². The second-order valence-corrected chi connectivity index (χ2v) is 3.59. The van der Waals surface area contributed by atoms with Crippen LogP contribution in [0.25, 0.3) is 0 Å². The Hall–Kier alpha value is -1.40. The third-order valence-electron chi connectivity index (χ3n) is 2.42. The molecule has 2 unspecified atom stereocenters. The number of carbonyl (C=O) groups excluding carboxylic acids is 1. The highest BCUT2D eigenvalue weighted by Gasteiger charge is 2.19. The molecule has 6 heteroatoms. The van der Waals surface area contributed by atoms with Crippen molar-refractivity contribution >= 4 is 5.91 Å². The summed E-state index contributed by atoms with van der Waals surface area (Å²) in [5, 5.41) is 11.7. The third-order valence-corrected chi connectivity index (χ3v) is 2.42. The lowest BCUT2D eigenvalue weighted by Gasteiger charge is -2.18. The fraction of sp³-hybridized carbons (Fsp3) is 0.600. The molecule has 2 atom stereocenters. The van der Waals surface area contributed by atoms with Crippen molar-refractivity contribution in [3.8, 4) is 0 Å². The van der Waals surface area contributed by atoms with Crippen LogP contribution < -0.4 is 11.1 Å². The van der Waals surface area contributed by atoms with Crippen molar-refractivity contribution in [3.63, 3.8) is 0 Å². The van der Waals surface area contributed by atoms with Crippen LogP contribution in [0.2, 0.25) is 0 Å². The van der Waals surface area contributed by atoms with Gasteiger partial charge in [0, 0.05) is 12.7 Å². The van der Waals surface area contributed by atoms with Crippen molar-refractivity contribution < 1.29 is 9.90 Å². The minimum atomic E-state index is -0.514. The van der Waals surface area contributed by atoms with E-state index in [0.29, 0.717) is 12.2 Å². The van der Waals surface area contributed by atoms with Crippen LogP contribution in [0, 0.1) is 0 Å². The Labute approximate surface area is 94.5 Å². The van der Waals surface area contributed by atoms with Gasteiger partial charge in [-0.3, -0.25) is 4.79 Å². The minimum absolute atomic E-state index is 0.0908. The van der Waals surface area contributed by atoms with Crippen LogP contribution in [0.15, 0.2) is 12.5 Å². The lowest BCUT2D eigenvalue weighted by Crippen LogP contribution is -2.32. The lowest BCUT2D eigenvalue weighted by atomic mass is 10.2. The average molecular weight is 226 g/mol. The van der Waals surface area contributed by atoms with Gasteiger partial charge in [0.25, 0.3) is 0 Å². The molecule has 0 aliphatic rings. The van der Waals surface area contributed by atoms with Gasteiger partial charge < -0.3 is 20.7 Å². The van der Waals surface area contributed by atoms with Gasteiger partial charge in [-0.2, -0.15) is 0 Å². The molecule has 16 heavy (non-hydrogen) atoms. The first-order valence-corrected chi connectivity index (χ1v) is 5.27. The number of rotatable bonds is 5. The van der Waals surface area contributed by atoms with E-state index in [1.807, 2.05) is 6.92 Å². The molecule has 0 aliphatic carbocycles. The molecule has 4 N–H and O–H groups in total.